The van der Waals surface area contributed by atoms with E-state index in [4.69, 9.17) is 4.74 Å². The number of carbonyl (C=O) groups is 2. The number of para-hydroxylation sites is 1. The Kier molecular flexibility index (Phi) is 6.53. The maximum atomic E-state index is 13.1. The number of aryl methyl sites for hydroxylation is 1. The van der Waals surface area contributed by atoms with Crippen molar-refractivity contribution in [3.05, 3.63) is 76.1 Å². The zero-order chi connectivity index (χ0) is 23.5. The van der Waals surface area contributed by atoms with E-state index in [-0.39, 0.29) is 36.3 Å². The van der Waals surface area contributed by atoms with E-state index in [1.165, 1.54) is 19.1 Å². The number of esters is 1. The highest BCUT2D eigenvalue weighted by molar-refractivity contribution is 5.83. The Balaban J connectivity index is 1.37. The number of nitrogens with zero attached hydrogens (tertiary/aromatic N) is 2. The third-order valence-corrected chi connectivity index (χ3v) is 5.75. The van der Waals surface area contributed by atoms with Gasteiger partial charge in [0.15, 0.2) is 6.10 Å². The first-order valence-corrected chi connectivity index (χ1v) is 11.1. The van der Waals surface area contributed by atoms with Crippen LogP contribution in [0.15, 0.2) is 53.3 Å². The third-order valence-electron chi connectivity index (χ3n) is 5.75. The fraction of sp³-hybridized carbons (Fsp3) is 0.360. The molecule has 3 aromatic rings. The van der Waals surface area contributed by atoms with Gasteiger partial charge in [-0.2, -0.15) is 0 Å². The van der Waals surface area contributed by atoms with Crippen LogP contribution in [-0.4, -0.2) is 27.5 Å². The Morgan fingerprint density at radius 3 is 2.55 bits per heavy atom. The van der Waals surface area contributed by atoms with Crippen molar-refractivity contribution in [1.29, 1.82) is 0 Å². The maximum absolute atomic E-state index is 13.1. The average molecular weight is 451 g/mol. The number of rotatable bonds is 8. The first kappa shape index (κ1) is 22.6. The summed E-state index contributed by atoms with van der Waals surface area (Å²) in [4.78, 5) is 42.4. The SMILES string of the molecule is CC(OC(=O)CCc1nc2ccccc2c(=O)n1C1CC1)C(=O)NC(C)c1ccc(F)cc1. The molecule has 2 aromatic carbocycles. The van der Waals surface area contributed by atoms with Crippen LogP contribution in [0, 0.1) is 5.82 Å². The lowest BCUT2D eigenvalue weighted by atomic mass is 10.1. The highest BCUT2D eigenvalue weighted by Gasteiger charge is 2.28. The van der Waals surface area contributed by atoms with Crippen LogP contribution >= 0.6 is 0 Å². The molecule has 2 atom stereocenters. The largest absolute Gasteiger partial charge is 0.453 e. The van der Waals surface area contributed by atoms with Crippen molar-refractivity contribution >= 4 is 22.8 Å². The fourth-order valence-corrected chi connectivity index (χ4v) is 3.77. The van der Waals surface area contributed by atoms with Crippen LogP contribution in [0.2, 0.25) is 0 Å². The zero-order valence-corrected chi connectivity index (χ0v) is 18.6. The summed E-state index contributed by atoms with van der Waals surface area (Å²) < 4.78 is 20.1. The predicted octanol–water partition coefficient (Wildman–Crippen LogP) is 3.61. The Labute approximate surface area is 190 Å². The number of fused-ring (bicyclic) bond motifs is 1. The fourth-order valence-electron chi connectivity index (χ4n) is 3.77. The number of hydrogen-bond acceptors (Lipinski definition) is 5. The summed E-state index contributed by atoms with van der Waals surface area (Å²) in [6.45, 7) is 3.27. The minimum absolute atomic E-state index is 0.00262. The molecule has 172 valence electrons. The molecular weight excluding hydrogens is 425 g/mol. The lowest BCUT2D eigenvalue weighted by Gasteiger charge is -2.18. The molecule has 1 aromatic heterocycles. The second kappa shape index (κ2) is 9.52. The van der Waals surface area contributed by atoms with E-state index in [0.29, 0.717) is 16.7 Å². The molecule has 1 aliphatic rings. The number of aromatic nitrogens is 2. The first-order chi connectivity index (χ1) is 15.8. The van der Waals surface area contributed by atoms with Crippen molar-refractivity contribution in [3.8, 4) is 0 Å². The molecule has 1 fully saturated rings. The predicted molar refractivity (Wildman–Crippen MR) is 121 cm³/mol. The standard InChI is InChI=1S/C25H26FN3O4/c1-15(17-7-9-18(26)10-8-17)27-24(31)16(2)33-23(30)14-13-22-28-21-6-4-3-5-20(21)25(32)29(22)19-11-12-19/h3-10,15-16,19H,11-14H2,1-2H3,(H,27,31). The molecule has 0 radical (unpaired) electrons. The lowest BCUT2D eigenvalue weighted by molar-refractivity contribution is -0.155. The molecule has 0 spiro atoms. The van der Waals surface area contributed by atoms with Gasteiger partial charge in [0.05, 0.1) is 23.4 Å². The van der Waals surface area contributed by atoms with E-state index in [1.807, 2.05) is 12.1 Å². The summed E-state index contributed by atoms with van der Waals surface area (Å²) in [6.07, 6.45) is 1.09. The number of nitrogens with one attached hydrogen (secondary N) is 1. The molecule has 33 heavy (non-hydrogen) atoms. The van der Waals surface area contributed by atoms with Gasteiger partial charge in [0.1, 0.15) is 11.6 Å². The molecule has 8 heteroatoms. The van der Waals surface area contributed by atoms with Gasteiger partial charge in [-0.3, -0.25) is 19.0 Å². The van der Waals surface area contributed by atoms with E-state index in [1.54, 1.807) is 35.8 Å². The summed E-state index contributed by atoms with van der Waals surface area (Å²) in [6, 6.07) is 12.8. The van der Waals surface area contributed by atoms with Gasteiger partial charge in [0, 0.05) is 12.5 Å². The third kappa shape index (κ3) is 5.27. The highest BCUT2D eigenvalue weighted by Crippen LogP contribution is 2.35. The molecular formula is C25H26FN3O4. The number of amides is 1. The van der Waals surface area contributed by atoms with E-state index in [0.717, 1.165) is 18.4 Å². The Hall–Kier alpha value is -3.55. The molecule has 1 amide bonds. The summed E-state index contributed by atoms with van der Waals surface area (Å²) >= 11 is 0. The topological polar surface area (TPSA) is 90.3 Å². The second-order valence-corrected chi connectivity index (χ2v) is 8.37. The summed E-state index contributed by atoms with van der Waals surface area (Å²) in [5.41, 5.74) is 1.25. The van der Waals surface area contributed by atoms with Crippen LogP contribution in [0.25, 0.3) is 10.9 Å². The van der Waals surface area contributed by atoms with E-state index >= 15 is 0 Å². The minimum atomic E-state index is -0.990. The number of halogens is 1. The van der Waals surface area contributed by atoms with Crippen LogP contribution < -0.4 is 10.9 Å². The van der Waals surface area contributed by atoms with Crippen LogP contribution in [0.3, 0.4) is 0 Å². The summed E-state index contributed by atoms with van der Waals surface area (Å²) in [5.74, 6) is -0.788. The molecule has 4 rings (SSSR count). The van der Waals surface area contributed by atoms with Crippen molar-refractivity contribution in [2.75, 3.05) is 0 Å². The van der Waals surface area contributed by atoms with Crippen LogP contribution in [0.1, 0.15) is 56.6 Å². The number of hydrogen-bond donors (Lipinski definition) is 1. The molecule has 0 aliphatic heterocycles. The number of benzene rings is 2. The average Bonchev–Trinajstić information content (AvgIpc) is 3.63. The van der Waals surface area contributed by atoms with Crippen molar-refractivity contribution in [1.82, 2.24) is 14.9 Å². The van der Waals surface area contributed by atoms with Gasteiger partial charge in [-0.25, -0.2) is 9.37 Å². The van der Waals surface area contributed by atoms with Gasteiger partial charge in [-0.05, 0) is 56.5 Å². The van der Waals surface area contributed by atoms with Crippen LogP contribution in [-0.2, 0) is 20.7 Å². The minimum Gasteiger partial charge on any atom is -0.453 e. The van der Waals surface area contributed by atoms with Crippen LogP contribution in [0.5, 0.6) is 0 Å². The molecule has 0 saturated heterocycles. The van der Waals surface area contributed by atoms with Gasteiger partial charge in [0.2, 0.25) is 0 Å². The van der Waals surface area contributed by atoms with Gasteiger partial charge in [0.25, 0.3) is 11.5 Å². The monoisotopic (exact) mass is 451 g/mol. The zero-order valence-electron chi connectivity index (χ0n) is 18.6. The Bertz CT molecular complexity index is 1230. The van der Waals surface area contributed by atoms with Crippen molar-refractivity contribution in [2.24, 2.45) is 0 Å². The van der Waals surface area contributed by atoms with E-state index in [9.17, 15) is 18.8 Å². The van der Waals surface area contributed by atoms with Crippen molar-refractivity contribution < 1.29 is 18.7 Å². The molecule has 1 saturated carbocycles. The highest BCUT2D eigenvalue weighted by atomic mass is 19.1. The smallest absolute Gasteiger partial charge is 0.307 e. The molecule has 1 N–H and O–H groups in total. The number of ether oxygens (including phenoxy) is 1. The summed E-state index contributed by atoms with van der Waals surface area (Å²) in [5, 5.41) is 3.32. The molecule has 7 nitrogen and oxygen atoms in total. The Morgan fingerprint density at radius 1 is 1.15 bits per heavy atom. The van der Waals surface area contributed by atoms with Gasteiger partial charge in [-0.1, -0.05) is 24.3 Å². The van der Waals surface area contributed by atoms with E-state index in [2.05, 4.69) is 10.3 Å². The van der Waals surface area contributed by atoms with Gasteiger partial charge in [-0.15, -0.1) is 0 Å². The second-order valence-electron chi connectivity index (χ2n) is 8.37. The van der Waals surface area contributed by atoms with Crippen molar-refractivity contribution in [2.45, 2.75) is 57.7 Å². The van der Waals surface area contributed by atoms with Gasteiger partial charge < -0.3 is 10.1 Å². The molecule has 2 unspecified atom stereocenters. The lowest BCUT2D eigenvalue weighted by Crippen LogP contribution is -2.37. The summed E-state index contributed by atoms with van der Waals surface area (Å²) in [7, 11) is 0. The quantitative estimate of drug-likeness (QED) is 0.529. The molecule has 0 bridgehead atoms. The van der Waals surface area contributed by atoms with E-state index < -0.39 is 18.0 Å². The molecule has 1 heterocycles. The van der Waals surface area contributed by atoms with Gasteiger partial charge >= 0.3 is 5.97 Å². The molecule has 1 aliphatic carbocycles. The Morgan fingerprint density at radius 2 is 1.85 bits per heavy atom. The number of carbonyl (C=O) groups excluding carboxylic acids is 2. The first-order valence-electron chi connectivity index (χ1n) is 11.1. The normalized spacial score (nSPS) is 15.1. The van der Waals surface area contributed by atoms with Crippen molar-refractivity contribution in [3.63, 3.8) is 0 Å². The maximum Gasteiger partial charge on any atom is 0.307 e. The van der Waals surface area contributed by atoms with Crippen LogP contribution in [0.4, 0.5) is 4.39 Å².